The number of ether oxygens (including phenoxy) is 1. The van der Waals surface area contributed by atoms with Crippen molar-refractivity contribution in [2.24, 2.45) is 0 Å². The van der Waals surface area contributed by atoms with Crippen molar-refractivity contribution in [3.8, 4) is 0 Å². The summed E-state index contributed by atoms with van der Waals surface area (Å²) in [4.78, 5) is 23.1. The number of aliphatic carboxylic acids is 1. The fraction of sp³-hybridized carbons (Fsp3) is 0.846. The second-order valence-electron chi connectivity index (χ2n) is 8.54. The number of rotatable bonds is 22. The average molecular weight is 425 g/mol. The molecule has 0 heterocycles. The Morgan fingerprint density at radius 2 is 1.27 bits per heavy atom. The molecule has 30 heavy (non-hydrogen) atoms. The van der Waals surface area contributed by atoms with Gasteiger partial charge >= 0.3 is 11.9 Å². The van der Waals surface area contributed by atoms with Crippen molar-refractivity contribution in [3.63, 3.8) is 0 Å². The fourth-order valence-corrected chi connectivity index (χ4v) is 3.59. The SMILES string of the molecule is CCCC/C=C\CCCCCCCC(=O)OC(CCCCCCCCC)CC(=O)O. The zero-order chi connectivity index (χ0) is 22.3. The van der Waals surface area contributed by atoms with Crippen LogP contribution in [0.2, 0.25) is 0 Å². The van der Waals surface area contributed by atoms with Gasteiger partial charge in [-0.1, -0.05) is 96.6 Å². The molecule has 1 atom stereocenters. The van der Waals surface area contributed by atoms with Gasteiger partial charge in [0.25, 0.3) is 0 Å². The number of esters is 1. The highest BCUT2D eigenvalue weighted by Crippen LogP contribution is 2.15. The number of carbonyl (C=O) groups is 2. The molecule has 0 bridgehead atoms. The van der Waals surface area contributed by atoms with Crippen LogP contribution < -0.4 is 0 Å². The summed E-state index contributed by atoms with van der Waals surface area (Å²) in [6.45, 7) is 4.42. The highest BCUT2D eigenvalue weighted by atomic mass is 16.5. The third kappa shape index (κ3) is 21.4. The molecule has 1 N–H and O–H groups in total. The van der Waals surface area contributed by atoms with Crippen molar-refractivity contribution >= 4 is 11.9 Å². The number of carboxylic acids is 1. The molecule has 0 aromatic heterocycles. The van der Waals surface area contributed by atoms with Crippen LogP contribution in [0.25, 0.3) is 0 Å². The Hall–Kier alpha value is -1.32. The van der Waals surface area contributed by atoms with E-state index in [4.69, 9.17) is 9.84 Å². The van der Waals surface area contributed by atoms with Crippen LogP contribution in [0, 0.1) is 0 Å². The molecule has 0 saturated heterocycles. The zero-order valence-electron chi connectivity index (χ0n) is 19.8. The third-order valence-electron chi connectivity index (χ3n) is 5.47. The van der Waals surface area contributed by atoms with Gasteiger partial charge in [0.05, 0.1) is 6.42 Å². The number of hydrogen-bond donors (Lipinski definition) is 1. The smallest absolute Gasteiger partial charge is 0.307 e. The number of carbonyl (C=O) groups excluding carboxylic acids is 1. The Bertz CT molecular complexity index is 431. The first-order valence-corrected chi connectivity index (χ1v) is 12.7. The van der Waals surface area contributed by atoms with Crippen molar-refractivity contribution in [1.29, 1.82) is 0 Å². The van der Waals surface area contributed by atoms with Gasteiger partial charge in [0.2, 0.25) is 0 Å². The molecule has 0 spiro atoms. The summed E-state index contributed by atoms with van der Waals surface area (Å²) >= 11 is 0. The minimum atomic E-state index is -0.889. The van der Waals surface area contributed by atoms with E-state index in [1.54, 1.807) is 0 Å². The van der Waals surface area contributed by atoms with E-state index < -0.39 is 12.1 Å². The molecule has 0 saturated carbocycles. The van der Waals surface area contributed by atoms with Crippen LogP contribution >= 0.6 is 0 Å². The summed E-state index contributed by atoms with van der Waals surface area (Å²) in [6.07, 6.45) is 23.7. The maximum atomic E-state index is 12.1. The molecule has 0 amide bonds. The van der Waals surface area contributed by atoms with Crippen LogP contribution in [-0.2, 0) is 14.3 Å². The van der Waals surface area contributed by atoms with E-state index in [1.165, 1.54) is 64.2 Å². The summed E-state index contributed by atoms with van der Waals surface area (Å²) in [7, 11) is 0. The quantitative estimate of drug-likeness (QED) is 0.109. The van der Waals surface area contributed by atoms with Crippen molar-refractivity contribution in [2.45, 2.75) is 142 Å². The van der Waals surface area contributed by atoms with E-state index in [-0.39, 0.29) is 12.4 Å². The van der Waals surface area contributed by atoms with Gasteiger partial charge in [-0.3, -0.25) is 9.59 Å². The van der Waals surface area contributed by atoms with Crippen LogP contribution in [0.5, 0.6) is 0 Å². The third-order valence-corrected chi connectivity index (χ3v) is 5.47. The van der Waals surface area contributed by atoms with E-state index in [0.29, 0.717) is 12.8 Å². The summed E-state index contributed by atoms with van der Waals surface area (Å²) in [5, 5.41) is 9.08. The lowest BCUT2D eigenvalue weighted by Crippen LogP contribution is -2.21. The van der Waals surface area contributed by atoms with Gasteiger partial charge in [-0.15, -0.1) is 0 Å². The summed E-state index contributed by atoms with van der Waals surface area (Å²) in [5.74, 6) is -1.12. The van der Waals surface area contributed by atoms with Crippen molar-refractivity contribution in [3.05, 3.63) is 12.2 Å². The highest BCUT2D eigenvalue weighted by molar-refractivity contribution is 5.71. The van der Waals surface area contributed by atoms with E-state index in [9.17, 15) is 9.59 Å². The maximum Gasteiger partial charge on any atom is 0.307 e. The molecule has 1 unspecified atom stereocenters. The standard InChI is InChI=1S/C26H48O4/c1-3-5-7-9-11-12-13-14-16-18-20-22-26(29)30-24(23-25(27)28)21-19-17-15-10-8-6-4-2/h9,11,24H,3-8,10,12-23H2,1-2H3,(H,27,28)/b11-9-. The van der Waals surface area contributed by atoms with Gasteiger partial charge in [0, 0.05) is 6.42 Å². The minimum Gasteiger partial charge on any atom is -0.481 e. The van der Waals surface area contributed by atoms with E-state index in [2.05, 4.69) is 26.0 Å². The number of allylic oxidation sites excluding steroid dienone is 2. The van der Waals surface area contributed by atoms with Crippen LogP contribution in [0.15, 0.2) is 12.2 Å². The first kappa shape index (κ1) is 28.7. The first-order chi connectivity index (χ1) is 14.6. The molecule has 0 rings (SSSR count). The van der Waals surface area contributed by atoms with E-state index in [1.807, 2.05) is 0 Å². The second-order valence-corrected chi connectivity index (χ2v) is 8.54. The Balaban J connectivity index is 3.77. The monoisotopic (exact) mass is 424 g/mol. The van der Waals surface area contributed by atoms with Crippen molar-refractivity contribution in [2.75, 3.05) is 0 Å². The number of carboxylic acid groups (broad SMARTS) is 1. The molecule has 4 heteroatoms. The molecule has 0 aromatic rings. The number of hydrogen-bond acceptors (Lipinski definition) is 3. The van der Waals surface area contributed by atoms with Gasteiger partial charge in [0.1, 0.15) is 6.10 Å². The second kappa shape index (κ2) is 22.4. The van der Waals surface area contributed by atoms with E-state index >= 15 is 0 Å². The molecule has 0 fully saturated rings. The fourth-order valence-electron chi connectivity index (χ4n) is 3.59. The van der Waals surface area contributed by atoms with E-state index in [0.717, 1.165) is 38.5 Å². The van der Waals surface area contributed by atoms with Crippen LogP contribution in [0.3, 0.4) is 0 Å². The lowest BCUT2D eigenvalue weighted by molar-refractivity contribution is -0.153. The van der Waals surface area contributed by atoms with Crippen molar-refractivity contribution in [1.82, 2.24) is 0 Å². The minimum absolute atomic E-state index is 0.0760. The molecular formula is C26H48O4. The topological polar surface area (TPSA) is 63.6 Å². The molecule has 0 aliphatic carbocycles. The van der Waals surface area contributed by atoms with Gasteiger partial charge in [-0.05, 0) is 38.5 Å². The molecule has 0 aromatic carbocycles. The zero-order valence-corrected chi connectivity index (χ0v) is 19.8. The predicted octanol–water partition coefficient (Wildman–Crippen LogP) is 7.99. The lowest BCUT2D eigenvalue weighted by Gasteiger charge is -2.16. The van der Waals surface area contributed by atoms with Gasteiger partial charge in [-0.2, -0.15) is 0 Å². The lowest BCUT2D eigenvalue weighted by atomic mass is 10.0. The van der Waals surface area contributed by atoms with Gasteiger partial charge in [0.15, 0.2) is 0 Å². The van der Waals surface area contributed by atoms with Crippen LogP contribution in [0.4, 0.5) is 0 Å². The molecule has 176 valence electrons. The predicted molar refractivity (Wildman–Crippen MR) is 126 cm³/mol. The highest BCUT2D eigenvalue weighted by Gasteiger charge is 2.17. The summed E-state index contributed by atoms with van der Waals surface area (Å²) < 4.78 is 5.47. The Morgan fingerprint density at radius 3 is 1.90 bits per heavy atom. The largest absolute Gasteiger partial charge is 0.481 e. The normalized spacial score (nSPS) is 12.3. The Kier molecular flexibility index (Phi) is 21.4. The number of unbranched alkanes of at least 4 members (excludes halogenated alkanes) is 13. The Labute approximate surface area is 185 Å². The molecular weight excluding hydrogens is 376 g/mol. The summed E-state index contributed by atoms with van der Waals surface area (Å²) in [6, 6.07) is 0. The van der Waals surface area contributed by atoms with Crippen LogP contribution in [0.1, 0.15) is 136 Å². The molecule has 0 aliphatic rings. The maximum absolute atomic E-state index is 12.1. The average Bonchev–Trinajstić information content (AvgIpc) is 2.70. The first-order valence-electron chi connectivity index (χ1n) is 12.7. The summed E-state index contributed by atoms with van der Waals surface area (Å²) in [5.41, 5.74) is 0. The van der Waals surface area contributed by atoms with Crippen molar-refractivity contribution < 1.29 is 19.4 Å². The molecule has 0 radical (unpaired) electrons. The molecule has 0 aliphatic heterocycles. The van der Waals surface area contributed by atoms with Gasteiger partial charge in [-0.25, -0.2) is 0 Å². The van der Waals surface area contributed by atoms with Gasteiger partial charge < -0.3 is 9.84 Å². The van der Waals surface area contributed by atoms with Crippen LogP contribution in [-0.4, -0.2) is 23.1 Å². The molecule has 4 nitrogen and oxygen atoms in total. The Morgan fingerprint density at radius 1 is 0.733 bits per heavy atom.